The molecule has 2 aromatic heterocycles. The third-order valence-corrected chi connectivity index (χ3v) is 6.27. The second kappa shape index (κ2) is 9.25. The van der Waals surface area contributed by atoms with E-state index in [0.717, 1.165) is 22.2 Å². The van der Waals surface area contributed by atoms with Crippen LogP contribution in [0.3, 0.4) is 0 Å². The number of nitrogens with zero attached hydrogens (tertiary/aromatic N) is 5. The van der Waals surface area contributed by atoms with Gasteiger partial charge in [0.2, 0.25) is 5.95 Å². The highest BCUT2D eigenvalue weighted by Crippen LogP contribution is 2.28. The molecule has 0 saturated heterocycles. The largest absolute Gasteiger partial charge is 0.459 e. The number of hydrogen-bond donors (Lipinski definition) is 0. The Balaban J connectivity index is 1.50. The fourth-order valence-corrected chi connectivity index (χ4v) is 4.59. The molecule has 0 bridgehead atoms. The van der Waals surface area contributed by atoms with Crippen LogP contribution in [-0.2, 0) is 42.8 Å². The Labute approximate surface area is 201 Å². The number of aryl methyl sites for hydroxylation is 1. The Morgan fingerprint density at radius 2 is 1.66 bits per heavy atom. The monoisotopic (exact) mass is 473 g/mol. The summed E-state index contributed by atoms with van der Waals surface area (Å²) in [6.45, 7) is 3.76. The van der Waals surface area contributed by atoms with E-state index in [-0.39, 0.29) is 12.5 Å². The van der Waals surface area contributed by atoms with Gasteiger partial charge in [0.15, 0.2) is 11.2 Å². The molecular formula is C26H27N5O4. The molecule has 1 aliphatic heterocycles. The van der Waals surface area contributed by atoms with Crippen molar-refractivity contribution in [3.63, 3.8) is 0 Å². The molecule has 2 aromatic carbocycles. The first-order chi connectivity index (χ1) is 16.9. The van der Waals surface area contributed by atoms with Crippen molar-refractivity contribution in [2.24, 2.45) is 13.0 Å². The number of carbonyl (C=O) groups excluding carboxylic acids is 1. The second-order valence-corrected chi connectivity index (χ2v) is 9.05. The highest BCUT2D eigenvalue weighted by atomic mass is 16.5. The molecule has 0 spiro atoms. The molecular weight excluding hydrogens is 446 g/mol. The molecule has 0 amide bonds. The predicted molar refractivity (Wildman–Crippen MR) is 132 cm³/mol. The van der Waals surface area contributed by atoms with Gasteiger partial charge in [-0.2, -0.15) is 4.98 Å². The molecule has 4 aromatic rings. The van der Waals surface area contributed by atoms with Gasteiger partial charge in [0.1, 0.15) is 13.2 Å². The highest BCUT2D eigenvalue weighted by Gasteiger charge is 2.29. The maximum atomic E-state index is 13.5. The van der Waals surface area contributed by atoms with Crippen LogP contribution in [0, 0.1) is 5.92 Å². The van der Waals surface area contributed by atoms with Crippen molar-refractivity contribution >= 4 is 23.1 Å². The molecule has 1 aliphatic rings. The zero-order chi connectivity index (χ0) is 24.5. The zero-order valence-electron chi connectivity index (χ0n) is 19.8. The molecule has 180 valence electrons. The molecule has 9 heteroatoms. The smallest absolute Gasteiger partial charge is 0.333 e. The predicted octanol–water partition coefficient (Wildman–Crippen LogP) is 2.30. The Morgan fingerprint density at radius 1 is 1.00 bits per heavy atom. The van der Waals surface area contributed by atoms with E-state index in [9.17, 15) is 14.4 Å². The van der Waals surface area contributed by atoms with Crippen LogP contribution in [0.25, 0.3) is 11.2 Å². The number of benzene rings is 2. The molecule has 0 fully saturated rings. The van der Waals surface area contributed by atoms with Gasteiger partial charge in [-0.1, -0.05) is 67.6 Å². The maximum absolute atomic E-state index is 13.5. The highest BCUT2D eigenvalue weighted by molar-refractivity contribution is 5.76. The summed E-state index contributed by atoms with van der Waals surface area (Å²) in [5.41, 5.74) is 1.46. The van der Waals surface area contributed by atoms with Crippen LogP contribution in [-0.4, -0.2) is 31.2 Å². The van der Waals surface area contributed by atoms with Crippen molar-refractivity contribution < 1.29 is 9.53 Å². The van der Waals surface area contributed by atoms with Crippen LogP contribution in [0.5, 0.6) is 0 Å². The first kappa shape index (κ1) is 22.6. The van der Waals surface area contributed by atoms with Crippen molar-refractivity contribution in [3.8, 4) is 0 Å². The third-order valence-electron chi connectivity index (χ3n) is 6.27. The van der Waals surface area contributed by atoms with E-state index in [2.05, 4.69) is 24.0 Å². The molecule has 0 N–H and O–H groups in total. The van der Waals surface area contributed by atoms with Crippen molar-refractivity contribution in [3.05, 3.63) is 92.6 Å². The molecule has 9 nitrogen and oxygen atoms in total. The summed E-state index contributed by atoms with van der Waals surface area (Å²) in [4.78, 5) is 45.8. The number of hydrogen-bond acceptors (Lipinski definition) is 6. The molecule has 0 saturated carbocycles. The topological polar surface area (TPSA) is 91.4 Å². The van der Waals surface area contributed by atoms with Crippen molar-refractivity contribution in [1.82, 2.24) is 18.7 Å². The van der Waals surface area contributed by atoms with E-state index >= 15 is 0 Å². The number of anilines is 1. The van der Waals surface area contributed by atoms with Gasteiger partial charge in [0, 0.05) is 26.7 Å². The summed E-state index contributed by atoms with van der Waals surface area (Å²) in [5.74, 6) is 0.271. The average Bonchev–Trinajstić information content (AvgIpc) is 3.25. The molecule has 35 heavy (non-hydrogen) atoms. The number of ether oxygens (including phenoxy) is 1. The van der Waals surface area contributed by atoms with E-state index in [1.54, 1.807) is 7.05 Å². The van der Waals surface area contributed by atoms with Crippen molar-refractivity contribution in [1.29, 1.82) is 0 Å². The number of carbonyl (C=O) groups is 1. The summed E-state index contributed by atoms with van der Waals surface area (Å²) in [5, 5.41) is 0. The lowest BCUT2D eigenvalue weighted by molar-refractivity contribution is -0.145. The number of rotatable bonds is 6. The molecule has 1 atom stereocenters. The summed E-state index contributed by atoms with van der Waals surface area (Å²) in [6, 6.07) is 19.3. The second-order valence-electron chi connectivity index (χ2n) is 9.05. The first-order valence-electron chi connectivity index (χ1n) is 11.6. The van der Waals surface area contributed by atoms with Crippen LogP contribution in [0.4, 0.5) is 5.95 Å². The lowest BCUT2D eigenvalue weighted by Gasteiger charge is -2.33. The molecule has 5 rings (SSSR count). The molecule has 3 heterocycles. The van der Waals surface area contributed by atoms with Gasteiger partial charge in [-0.25, -0.2) is 9.36 Å². The van der Waals surface area contributed by atoms with Crippen LogP contribution in [0.1, 0.15) is 18.1 Å². The van der Waals surface area contributed by atoms with Gasteiger partial charge in [-0.3, -0.25) is 14.2 Å². The Kier molecular flexibility index (Phi) is 5.98. The van der Waals surface area contributed by atoms with E-state index in [1.165, 1.54) is 4.57 Å². The number of imidazole rings is 1. The summed E-state index contributed by atoms with van der Waals surface area (Å²) in [6.07, 6.45) is 0. The molecule has 1 unspecified atom stereocenters. The maximum Gasteiger partial charge on any atom is 0.333 e. The minimum Gasteiger partial charge on any atom is -0.459 e. The van der Waals surface area contributed by atoms with Crippen LogP contribution < -0.4 is 16.1 Å². The lowest BCUT2D eigenvalue weighted by atomic mass is 10.1. The van der Waals surface area contributed by atoms with Crippen LogP contribution >= 0.6 is 0 Å². The van der Waals surface area contributed by atoms with E-state index in [0.29, 0.717) is 30.2 Å². The van der Waals surface area contributed by atoms with Gasteiger partial charge < -0.3 is 14.2 Å². The van der Waals surface area contributed by atoms with Gasteiger partial charge in [0.05, 0.1) is 0 Å². The summed E-state index contributed by atoms with van der Waals surface area (Å²) in [7, 11) is 1.57. The number of aromatic nitrogens is 4. The van der Waals surface area contributed by atoms with Crippen LogP contribution in [0.15, 0.2) is 70.3 Å². The lowest BCUT2D eigenvalue weighted by Crippen LogP contribution is -2.42. The average molecular weight is 474 g/mol. The summed E-state index contributed by atoms with van der Waals surface area (Å²) < 4.78 is 9.45. The Bertz CT molecular complexity index is 1490. The van der Waals surface area contributed by atoms with Crippen LogP contribution in [0.2, 0.25) is 0 Å². The Hall–Kier alpha value is -4.14. The van der Waals surface area contributed by atoms with Crippen molar-refractivity contribution in [2.75, 3.05) is 11.4 Å². The molecule has 0 radical (unpaired) electrons. The Morgan fingerprint density at radius 3 is 2.34 bits per heavy atom. The number of fused-ring (bicyclic) bond motifs is 3. The SMILES string of the molecule is CC1CN(Cc2ccccc2)c2nc3c(c(=O)n(CC(=O)OCc4ccccc4)c(=O)n3C)n2C1. The first-order valence-corrected chi connectivity index (χ1v) is 11.6. The van der Waals surface area contributed by atoms with Gasteiger partial charge in [-0.15, -0.1) is 0 Å². The normalized spacial score (nSPS) is 15.3. The third kappa shape index (κ3) is 4.37. The number of esters is 1. The summed E-state index contributed by atoms with van der Waals surface area (Å²) >= 11 is 0. The van der Waals surface area contributed by atoms with E-state index in [4.69, 9.17) is 9.72 Å². The zero-order valence-corrected chi connectivity index (χ0v) is 19.8. The fraction of sp³-hybridized carbons (Fsp3) is 0.308. The molecule has 0 aliphatic carbocycles. The fourth-order valence-electron chi connectivity index (χ4n) is 4.59. The standard InChI is InChI=1S/C26H27N5O4/c1-18-13-29(15-19-9-5-3-6-10-19)25-27-23-22(30(25)14-18)24(33)31(26(34)28(23)2)16-21(32)35-17-20-11-7-4-8-12-20/h3-12,18H,13-17H2,1-2H3. The van der Waals surface area contributed by atoms with Gasteiger partial charge in [-0.05, 0) is 17.0 Å². The van der Waals surface area contributed by atoms with Crippen molar-refractivity contribution in [2.45, 2.75) is 33.2 Å². The van der Waals surface area contributed by atoms with E-state index in [1.807, 2.05) is 53.1 Å². The van der Waals surface area contributed by atoms with Gasteiger partial charge >= 0.3 is 11.7 Å². The van der Waals surface area contributed by atoms with Gasteiger partial charge in [0.25, 0.3) is 5.56 Å². The quantitative estimate of drug-likeness (QED) is 0.399. The minimum absolute atomic E-state index is 0.0744. The van der Waals surface area contributed by atoms with E-state index < -0.39 is 23.8 Å². The minimum atomic E-state index is -0.648.